The Kier molecular flexibility index (Phi) is 6.70. The molecule has 3 rings (SSSR count). The number of carbonyl (C=O) groups excluding carboxylic acids is 2. The van der Waals surface area contributed by atoms with Gasteiger partial charge in [-0.15, -0.1) is 0 Å². The van der Waals surface area contributed by atoms with Crippen LogP contribution in [0.15, 0.2) is 71.3 Å². The summed E-state index contributed by atoms with van der Waals surface area (Å²) >= 11 is 6.23. The predicted molar refractivity (Wildman–Crippen MR) is 104 cm³/mol. The number of halogens is 1. The number of furan rings is 1. The highest BCUT2D eigenvalue weighted by atomic mass is 35.5. The second-order valence-corrected chi connectivity index (χ2v) is 6.22. The topological polar surface area (TPSA) is 77.8 Å². The highest BCUT2D eigenvalue weighted by Crippen LogP contribution is 2.30. The van der Waals surface area contributed by atoms with Crippen molar-refractivity contribution in [3.8, 4) is 16.9 Å². The zero-order valence-corrected chi connectivity index (χ0v) is 15.6. The molecule has 1 N–H and O–H groups in total. The molecule has 0 aliphatic rings. The molecule has 0 aliphatic carbocycles. The highest BCUT2D eigenvalue weighted by molar-refractivity contribution is 6.32. The van der Waals surface area contributed by atoms with Crippen molar-refractivity contribution in [2.24, 2.45) is 0 Å². The monoisotopic (exact) mass is 399 g/mol. The number of carbonyl (C=O) groups is 2. The second-order valence-electron chi connectivity index (χ2n) is 5.82. The number of nitrogens with one attached hydrogen (secondary N) is 1. The quantitative estimate of drug-likeness (QED) is 0.582. The van der Waals surface area contributed by atoms with Gasteiger partial charge in [0.25, 0.3) is 5.91 Å². The summed E-state index contributed by atoms with van der Waals surface area (Å²) in [5.41, 5.74) is 1.96. The van der Waals surface area contributed by atoms with E-state index in [1.165, 1.54) is 6.26 Å². The summed E-state index contributed by atoms with van der Waals surface area (Å²) < 4.78 is 15.4. The first kappa shape index (κ1) is 19.5. The van der Waals surface area contributed by atoms with Crippen LogP contribution in [0, 0.1) is 0 Å². The Labute approximate surface area is 167 Å². The SMILES string of the molecule is O=C(COC(=O)COc1ccc(-c2ccccc2)cc1Cl)NCc1ccco1. The summed E-state index contributed by atoms with van der Waals surface area (Å²) in [5.74, 6) is -0.136. The molecule has 0 aliphatic heterocycles. The Morgan fingerprint density at radius 1 is 0.964 bits per heavy atom. The standard InChI is InChI=1S/C21H18ClNO5/c22-18-11-16(15-5-2-1-3-6-15)8-9-19(18)27-14-21(25)28-13-20(24)23-12-17-7-4-10-26-17/h1-11H,12-14H2,(H,23,24). The number of amides is 1. The lowest BCUT2D eigenvalue weighted by molar-refractivity contribution is -0.150. The van der Waals surface area contributed by atoms with E-state index >= 15 is 0 Å². The van der Waals surface area contributed by atoms with Crippen molar-refractivity contribution in [3.05, 3.63) is 77.7 Å². The third-order valence-electron chi connectivity index (χ3n) is 3.79. The zero-order chi connectivity index (χ0) is 19.8. The molecule has 2 aromatic carbocycles. The molecule has 1 heterocycles. The molecule has 0 atom stereocenters. The summed E-state index contributed by atoms with van der Waals surface area (Å²) in [6.07, 6.45) is 1.51. The average Bonchev–Trinajstić information content (AvgIpc) is 3.24. The minimum absolute atomic E-state index is 0.225. The van der Waals surface area contributed by atoms with Gasteiger partial charge in [-0.05, 0) is 35.4 Å². The molecule has 1 amide bonds. The molecule has 28 heavy (non-hydrogen) atoms. The Balaban J connectivity index is 1.43. The molecule has 3 aromatic rings. The van der Waals surface area contributed by atoms with E-state index in [4.69, 9.17) is 25.5 Å². The summed E-state index contributed by atoms with van der Waals surface area (Å²) in [6.45, 7) is -0.525. The van der Waals surface area contributed by atoms with Gasteiger partial charge in [0, 0.05) is 0 Å². The van der Waals surface area contributed by atoms with Gasteiger partial charge in [-0.2, -0.15) is 0 Å². The van der Waals surface area contributed by atoms with E-state index in [0.717, 1.165) is 11.1 Å². The van der Waals surface area contributed by atoms with Gasteiger partial charge >= 0.3 is 5.97 Å². The number of hydrogen-bond donors (Lipinski definition) is 1. The van der Waals surface area contributed by atoms with Gasteiger partial charge in [-0.3, -0.25) is 4.79 Å². The minimum Gasteiger partial charge on any atom is -0.480 e. The first-order valence-corrected chi connectivity index (χ1v) is 8.92. The van der Waals surface area contributed by atoms with E-state index in [-0.39, 0.29) is 13.2 Å². The van der Waals surface area contributed by atoms with Crippen molar-refractivity contribution >= 4 is 23.5 Å². The lowest BCUT2D eigenvalue weighted by Crippen LogP contribution is -2.29. The Morgan fingerprint density at radius 3 is 2.50 bits per heavy atom. The Bertz CT molecular complexity index is 925. The lowest BCUT2D eigenvalue weighted by atomic mass is 10.1. The van der Waals surface area contributed by atoms with Gasteiger partial charge in [-0.1, -0.05) is 48.0 Å². The Hall–Kier alpha value is -3.25. The van der Waals surface area contributed by atoms with E-state index in [0.29, 0.717) is 16.5 Å². The third kappa shape index (κ3) is 5.62. The maximum atomic E-state index is 11.8. The molecule has 144 valence electrons. The summed E-state index contributed by atoms with van der Waals surface area (Å²) in [6, 6.07) is 18.5. The van der Waals surface area contributed by atoms with Crippen LogP contribution >= 0.6 is 11.6 Å². The van der Waals surface area contributed by atoms with Gasteiger partial charge in [0.05, 0.1) is 17.8 Å². The van der Waals surface area contributed by atoms with E-state index in [9.17, 15) is 9.59 Å². The number of rotatable bonds is 8. The van der Waals surface area contributed by atoms with Crippen LogP contribution in [0.1, 0.15) is 5.76 Å². The molecule has 0 bridgehead atoms. The maximum Gasteiger partial charge on any atom is 0.344 e. The number of esters is 1. The number of ether oxygens (including phenoxy) is 2. The first-order chi connectivity index (χ1) is 13.6. The molecule has 0 saturated carbocycles. The maximum absolute atomic E-state index is 11.8. The van der Waals surface area contributed by atoms with Crippen molar-refractivity contribution in [2.45, 2.75) is 6.54 Å². The van der Waals surface area contributed by atoms with Crippen LogP contribution < -0.4 is 10.1 Å². The highest BCUT2D eigenvalue weighted by Gasteiger charge is 2.11. The van der Waals surface area contributed by atoms with E-state index < -0.39 is 18.5 Å². The third-order valence-corrected chi connectivity index (χ3v) is 4.08. The molecule has 1 aromatic heterocycles. The predicted octanol–water partition coefficient (Wildman–Crippen LogP) is 3.84. The summed E-state index contributed by atoms with van der Waals surface area (Å²) in [5, 5.41) is 2.95. The molecule has 0 saturated heterocycles. The van der Waals surface area contributed by atoms with Crippen molar-refractivity contribution in [3.63, 3.8) is 0 Å². The number of hydrogen-bond acceptors (Lipinski definition) is 5. The van der Waals surface area contributed by atoms with Crippen LogP contribution in [0.25, 0.3) is 11.1 Å². The summed E-state index contributed by atoms with van der Waals surface area (Å²) in [4.78, 5) is 23.4. The first-order valence-electron chi connectivity index (χ1n) is 8.54. The normalized spacial score (nSPS) is 10.3. The van der Waals surface area contributed by atoms with Crippen LogP contribution in [-0.4, -0.2) is 25.1 Å². The van der Waals surface area contributed by atoms with Crippen LogP contribution in [-0.2, 0) is 20.9 Å². The molecule has 0 spiro atoms. The molecule has 0 unspecified atom stereocenters. The van der Waals surface area contributed by atoms with Crippen LogP contribution in [0.2, 0.25) is 5.02 Å². The van der Waals surface area contributed by atoms with Crippen molar-refractivity contribution in [1.82, 2.24) is 5.32 Å². The molecule has 6 nitrogen and oxygen atoms in total. The average molecular weight is 400 g/mol. The molecule has 0 radical (unpaired) electrons. The fourth-order valence-corrected chi connectivity index (χ4v) is 2.64. The van der Waals surface area contributed by atoms with Crippen molar-refractivity contribution in [2.75, 3.05) is 13.2 Å². The van der Waals surface area contributed by atoms with Crippen LogP contribution in [0.5, 0.6) is 5.75 Å². The number of benzene rings is 2. The molecule has 0 fully saturated rings. The van der Waals surface area contributed by atoms with Crippen LogP contribution in [0.4, 0.5) is 0 Å². The van der Waals surface area contributed by atoms with Crippen molar-refractivity contribution in [1.29, 1.82) is 0 Å². The van der Waals surface area contributed by atoms with E-state index in [1.807, 2.05) is 36.4 Å². The fraction of sp³-hybridized carbons (Fsp3) is 0.143. The van der Waals surface area contributed by atoms with Gasteiger partial charge in [-0.25, -0.2) is 4.79 Å². The lowest BCUT2D eigenvalue weighted by Gasteiger charge is -2.10. The van der Waals surface area contributed by atoms with Crippen molar-refractivity contribution < 1.29 is 23.5 Å². The summed E-state index contributed by atoms with van der Waals surface area (Å²) in [7, 11) is 0. The van der Waals surface area contributed by atoms with E-state index in [2.05, 4.69) is 5.32 Å². The smallest absolute Gasteiger partial charge is 0.344 e. The minimum atomic E-state index is -0.670. The second kappa shape index (κ2) is 9.62. The largest absolute Gasteiger partial charge is 0.480 e. The van der Waals surface area contributed by atoms with Gasteiger partial charge < -0.3 is 19.2 Å². The van der Waals surface area contributed by atoms with Gasteiger partial charge in [0.1, 0.15) is 11.5 Å². The molecular formula is C21H18ClNO5. The van der Waals surface area contributed by atoms with E-state index in [1.54, 1.807) is 24.3 Å². The van der Waals surface area contributed by atoms with Crippen LogP contribution in [0.3, 0.4) is 0 Å². The van der Waals surface area contributed by atoms with Gasteiger partial charge in [0.2, 0.25) is 0 Å². The fourth-order valence-electron chi connectivity index (χ4n) is 2.40. The zero-order valence-electron chi connectivity index (χ0n) is 14.9. The molecular weight excluding hydrogens is 382 g/mol. The Morgan fingerprint density at radius 2 is 1.79 bits per heavy atom. The van der Waals surface area contributed by atoms with Gasteiger partial charge in [0.15, 0.2) is 13.2 Å². The molecule has 7 heteroatoms.